The monoisotopic (exact) mass is 386 g/mol. The molecule has 3 aromatic carbocycles. The standard InChI is InChI=1S/C25H26N2O2/c1-26(18-20-12-6-3-7-13-20)24(28)23(22-16-10-5-11-17-22)25(29)27(2)19-21-14-8-4-9-15-21/h3-17,23H,18-19H2,1-2H3. The third-order valence-electron chi connectivity index (χ3n) is 4.90. The zero-order chi connectivity index (χ0) is 20.6. The van der Waals surface area contributed by atoms with Gasteiger partial charge in [-0.2, -0.15) is 0 Å². The fourth-order valence-electron chi connectivity index (χ4n) is 3.35. The lowest BCUT2D eigenvalue weighted by Gasteiger charge is -2.27. The van der Waals surface area contributed by atoms with E-state index in [1.807, 2.05) is 91.0 Å². The molecule has 0 radical (unpaired) electrons. The zero-order valence-electron chi connectivity index (χ0n) is 16.9. The minimum absolute atomic E-state index is 0.204. The van der Waals surface area contributed by atoms with Crippen LogP contribution in [-0.4, -0.2) is 35.7 Å². The van der Waals surface area contributed by atoms with Crippen LogP contribution in [0.4, 0.5) is 0 Å². The Hall–Kier alpha value is -3.40. The molecule has 3 aromatic rings. The van der Waals surface area contributed by atoms with Crippen LogP contribution >= 0.6 is 0 Å². The molecule has 0 bridgehead atoms. The van der Waals surface area contributed by atoms with E-state index in [0.29, 0.717) is 18.7 Å². The van der Waals surface area contributed by atoms with Crippen LogP contribution in [0.3, 0.4) is 0 Å². The smallest absolute Gasteiger partial charge is 0.239 e. The van der Waals surface area contributed by atoms with Crippen molar-refractivity contribution >= 4 is 11.8 Å². The first-order valence-electron chi connectivity index (χ1n) is 9.69. The first-order chi connectivity index (χ1) is 14.1. The molecule has 0 spiro atoms. The van der Waals surface area contributed by atoms with E-state index in [9.17, 15) is 9.59 Å². The van der Waals surface area contributed by atoms with Gasteiger partial charge in [-0.05, 0) is 16.7 Å². The Morgan fingerprint density at radius 3 is 1.34 bits per heavy atom. The quantitative estimate of drug-likeness (QED) is 0.574. The van der Waals surface area contributed by atoms with Gasteiger partial charge in [0.25, 0.3) is 0 Å². The van der Waals surface area contributed by atoms with Gasteiger partial charge in [0.15, 0.2) is 0 Å². The Morgan fingerprint density at radius 1 is 0.621 bits per heavy atom. The third-order valence-corrected chi connectivity index (χ3v) is 4.90. The largest absolute Gasteiger partial charge is 0.340 e. The van der Waals surface area contributed by atoms with Crippen LogP contribution in [0.2, 0.25) is 0 Å². The van der Waals surface area contributed by atoms with Gasteiger partial charge in [0, 0.05) is 27.2 Å². The normalized spacial score (nSPS) is 10.6. The number of hydrogen-bond donors (Lipinski definition) is 0. The molecule has 0 saturated carbocycles. The highest BCUT2D eigenvalue weighted by Crippen LogP contribution is 2.22. The second-order valence-corrected chi connectivity index (χ2v) is 7.20. The molecule has 2 amide bonds. The van der Waals surface area contributed by atoms with Crippen molar-refractivity contribution in [2.45, 2.75) is 19.0 Å². The number of nitrogens with zero attached hydrogens (tertiary/aromatic N) is 2. The molecule has 3 rings (SSSR count). The average Bonchev–Trinajstić information content (AvgIpc) is 2.76. The Bertz CT molecular complexity index is 867. The van der Waals surface area contributed by atoms with E-state index in [1.54, 1.807) is 23.9 Å². The molecule has 0 aliphatic carbocycles. The average molecular weight is 386 g/mol. The van der Waals surface area contributed by atoms with Crippen molar-refractivity contribution in [2.75, 3.05) is 14.1 Å². The number of carbonyl (C=O) groups excluding carboxylic acids is 2. The number of benzene rings is 3. The number of hydrogen-bond acceptors (Lipinski definition) is 2. The predicted octanol–water partition coefficient (Wildman–Crippen LogP) is 4.09. The second-order valence-electron chi connectivity index (χ2n) is 7.20. The number of rotatable bonds is 7. The van der Waals surface area contributed by atoms with Gasteiger partial charge in [-0.15, -0.1) is 0 Å². The first kappa shape index (κ1) is 20.3. The topological polar surface area (TPSA) is 40.6 Å². The van der Waals surface area contributed by atoms with Gasteiger partial charge in [-0.3, -0.25) is 9.59 Å². The summed E-state index contributed by atoms with van der Waals surface area (Å²) < 4.78 is 0. The summed E-state index contributed by atoms with van der Waals surface area (Å²) in [5, 5.41) is 0. The van der Waals surface area contributed by atoms with Gasteiger partial charge in [-0.1, -0.05) is 91.0 Å². The van der Waals surface area contributed by atoms with E-state index in [-0.39, 0.29) is 11.8 Å². The molecule has 0 fully saturated rings. The number of carbonyl (C=O) groups is 2. The predicted molar refractivity (Wildman–Crippen MR) is 115 cm³/mol. The Morgan fingerprint density at radius 2 is 0.966 bits per heavy atom. The Labute approximate surface area is 172 Å². The molecular weight excluding hydrogens is 360 g/mol. The van der Waals surface area contributed by atoms with Crippen molar-refractivity contribution < 1.29 is 9.59 Å². The third kappa shape index (κ3) is 5.32. The maximum Gasteiger partial charge on any atom is 0.239 e. The summed E-state index contributed by atoms with van der Waals surface area (Å²) in [5.41, 5.74) is 2.77. The number of amides is 2. The van der Waals surface area contributed by atoms with E-state index in [0.717, 1.165) is 11.1 Å². The van der Waals surface area contributed by atoms with E-state index in [4.69, 9.17) is 0 Å². The molecule has 0 unspecified atom stereocenters. The van der Waals surface area contributed by atoms with Gasteiger partial charge in [0.05, 0.1) is 0 Å². The number of likely N-dealkylation sites (N-methyl/N-ethyl adjacent to an activating group) is 2. The van der Waals surface area contributed by atoms with E-state index in [1.165, 1.54) is 0 Å². The highest BCUT2D eigenvalue weighted by atomic mass is 16.2. The van der Waals surface area contributed by atoms with Gasteiger partial charge in [0.2, 0.25) is 11.8 Å². The molecule has 0 aliphatic heterocycles. The molecule has 0 aliphatic rings. The molecule has 4 nitrogen and oxygen atoms in total. The van der Waals surface area contributed by atoms with Crippen molar-refractivity contribution in [3.05, 3.63) is 108 Å². The van der Waals surface area contributed by atoms with Crippen LogP contribution in [0.15, 0.2) is 91.0 Å². The van der Waals surface area contributed by atoms with Crippen LogP contribution < -0.4 is 0 Å². The highest BCUT2D eigenvalue weighted by Gasteiger charge is 2.33. The molecule has 0 N–H and O–H groups in total. The minimum atomic E-state index is -0.862. The van der Waals surface area contributed by atoms with E-state index >= 15 is 0 Å². The summed E-state index contributed by atoms with van der Waals surface area (Å²) in [4.78, 5) is 29.9. The van der Waals surface area contributed by atoms with Gasteiger partial charge in [0.1, 0.15) is 5.92 Å². The van der Waals surface area contributed by atoms with Crippen molar-refractivity contribution in [3.63, 3.8) is 0 Å². The summed E-state index contributed by atoms with van der Waals surface area (Å²) >= 11 is 0. The SMILES string of the molecule is CN(Cc1ccccc1)C(=O)C(C(=O)N(C)Cc1ccccc1)c1ccccc1. The van der Waals surface area contributed by atoms with Crippen LogP contribution in [-0.2, 0) is 22.7 Å². The molecule has 0 aromatic heterocycles. The van der Waals surface area contributed by atoms with Crippen LogP contribution in [0.25, 0.3) is 0 Å². The fraction of sp³-hybridized carbons (Fsp3) is 0.200. The molecule has 148 valence electrons. The zero-order valence-corrected chi connectivity index (χ0v) is 16.9. The maximum atomic E-state index is 13.3. The van der Waals surface area contributed by atoms with Crippen LogP contribution in [0, 0.1) is 0 Å². The van der Waals surface area contributed by atoms with E-state index in [2.05, 4.69) is 0 Å². The van der Waals surface area contributed by atoms with Gasteiger partial charge >= 0.3 is 0 Å². The molecular formula is C25H26N2O2. The van der Waals surface area contributed by atoms with Crippen molar-refractivity contribution in [2.24, 2.45) is 0 Å². The van der Waals surface area contributed by atoms with Gasteiger partial charge in [-0.25, -0.2) is 0 Å². The van der Waals surface area contributed by atoms with Crippen LogP contribution in [0.1, 0.15) is 22.6 Å². The van der Waals surface area contributed by atoms with Gasteiger partial charge < -0.3 is 9.80 Å². The lowest BCUT2D eigenvalue weighted by atomic mass is 9.95. The van der Waals surface area contributed by atoms with E-state index < -0.39 is 5.92 Å². The highest BCUT2D eigenvalue weighted by molar-refractivity contribution is 6.05. The summed E-state index contributed by atoms with van der Waals surface area (Å²) in [7, 11) is 3.49. The second kappa shape index (κ2) is 9.69. The Kier molecular flexibility index (Phi) is 6.80. The summed E-state index contributed by atoms with van der Waals surface area (Å²) in [5.74, 6) is -1.27. The molecule has 0 atom stereocenters. The minimum Gasteiger partial charge on any atom is -0.340 e. The lowest BCUT2D eigenvalue weighted by molar-refractivity contribution is -0.142. The summed E-state index contributed by atoms with van der Waals surface area (Å²) in [6.07, 6.45) is 0. The van der Waals surface area contributed by atoms with Crippen molar-refractivity contribution in [1.82, 2.24) is 9.80 Å². The molecule has 0 heterocycles. The molecule has 29 heavy (non-hydrogen) atoms. The molecule has 0 saturated heterocycles. The first-order valence-corrected chi connectivity index (χ1v) is 9.69. The lowest BCUT2D eigenvalue weighted by Crippen LogP contribution is -2.41. The maximum absolute atomic E-state index is 13.3. The summed E-state index contributed by atoms with van der Waals surface area (Å²) in [6.45, 7) is 0.914. The van der Waals surface area contributed by atoms with Crippen molar-refractivity contribution in [3.8, 4) is 0 Å². The van der Waals surface area contributed by atoms with Crippen LogP contribution in [0.5, 0.6) is 0 Å². The summed E-state index contributed by atoms with van der Waals surface area (Å²) in [6, 6.07) is 28.9. The fourth-order valence-corrected chi connectivity index (χ4v) is 3.35. The van der Waals surface area contributed by atoms with Crippen molar-refractivity contribution in [1.29, 1.82) is 0 Å². The Balaban J connectivity index is 1.82. The molecule has 4 heteroatoms.